The maximum absolute atomic E-state index is 10.2. The van der Waals surface area contributed by atoms with Crippen molar-refractivity contribution in [3.05, 3.63) is 28.8 Å². The first-order chi connectivity index (χ1) is 9.69. The molecule has 0 aromatic heterocycles. The highest BCUT2D eigenvalue weighted by molar-refractivity contribution is 5.50. The van der Waals surface area contributed by atoms with Gasteiger partial charge in [-0.2, -0.15) is 0 Å². The number of hydrogen-bond donors (Lipinski definition) is 3. The molecule has 0 radical (unpaired) electrons. The molecule has 0 spiro atoms. The first kappa shape index (κ1) is 16.3. The second-order valence-corrected chi connectivity index (χ2v) is 7.75. The van der Waals surface area contributed by atoms with Crippen molar-refractivity contribution in [3.63, 3.8) is 0 Å². The number of aryl methyl sites for hydroxylation is 1. The van der Waals surface area contributed by atoms with Gasteiger partial charge >= 0.3 is 0 Å². The van der Waals surface area contributed by atoms with Crippen molar-refractivity contribution in [2.24, 2.45) is 5.41 Å². The van der Waals surface area contributed by atoms with Crippen LogP contribution in [0.5, 0.6) is 5.75 Å². The fourth-order valence-corrected chi connectivity index (χ4v) is 3.59. The Hall–Kier alpha value is -1.06. The van der Waals surface area contributed by atoms with Crippen LogP contribution in [0.4, 0.5) is 0 Å². The van der Waals surface area contributed by atoms with Crippen LogP contribution in [0.1, 0.15) is 69.2 Å². The van der Waals surface area contributed by atoms with Crippen LogP contribution in [0.2, 0.25) is 0 Å². The predicted octanol–water partition coefficient (Wildman–Crippen LogP) is 3.64. The smallest absolute Gasteiger partial charge is 0.120 e. The fourth-order valence-electron chi connectivity index (χ4n) is 3.59. The molecule has 1 aromatic rings. The van der Waals surface area contributed by atoms with E-state index in [1.807, 2.05) is 6.07 Å². The number of fused-ring (bicyclic) bond motifs is 1. The lowest BCUT2D eigenvalue weighted by molar-refractivity contribution is 0.116. The van der Waals surface area contributed by atoms with E-state index >= 15 is 0 Å². The SMILES string of the molecule is Cc1ccc(O)c2c1C(C)CC2NCC(O)CC(C)(C)C. The number of rotatable bonds is 4. The third kappa shape index (κ3) is 3.78. The summed E-state index contributed by atoms with van der Waals surface area (Å²) in [6, 6.07) is 3.91. The third-order valence-electron chi connectivity index (χ3n) is 4.36. The molecule has 1 aromatic carbocycles. The van der Waals surface area contributed by atoms with Gasteiger partial charge < -0.3 is 15.5 Å². The lowest BCUT2D eigenvalue weighted by Crippen LogP contribution is -2.32. The molecule has 0 aliphatic heterocycles. The van der Waals surface area contributed by atoms with E-state index in [1.54, 1.807) is 6.07 Å². The zero-order valence-corrected chi connectivity index (χ0v) is 13.9. The molecule has 0 heterocycles. The summed E-state index contributed by atoms with van der Waals surface area (Å²) in [5, 5.41) is 23.8. The third-order valence-corrected chi connectivity index (χ3v) is 4.36. The summed E-state index contributed by atoms with van der Waals surface area (Å²) in [6.45, 7) is 11.3. The van der Waals surface area contributed by atoms with E-state index in [2.05, 4.69) is 39.9 Å². The van der Waals surface area contributed by atoms with Crippen molar-refractivity contribution in [3.8, 4) is 5.75 Å². The van der Waals surface area contributed by atoms with Gasteiger partial charge in [0.15, 0.2) is 0 Å². The maximum atomic E-state index is 10.2. The molecule has 3 N–H and O–H groups in total. The minimum absolute atomic E-state index is 0.126. The van der Waals surface area contributed by atoms with Crippen molar-refractivity contribution >= 4 is 0 Å². The summed E-state index contributed by atoms with van der Waals surface area (Å²) < 4.78 is 0. The van der Waals surface area contributed by atoms with Crippen molar-refractivity contribution in [1.29, 1.82) is 0 Å². The number of benzene rings is 1. The van der Waals surface area contributed by atoms with Gasteiger partial charge in [0.1, 0.15) is 5.75 Å². The molecule has 0 amide bonds. The van der Waals surface area contributed by atoms with Gasteiger partial charge in [-0.05, 0) is 48.3 Å². The minimum Gasteiger partial charge on any atom is -0.508 e. The van der Waals surface area contributed by atoms with Gasteiger partial charge in [-0.1, -0.05) is 33.8 Å². The lowest BCUT2D eigenvalue weighted by Gasteiger charge is -2.24. The molecule has 3 nitrogen and oxygen atoms in total. The highest BCUT2D eigenvalue weighted by atomic mass is 16.3. The number of hydrogen-bond acceptors (Lipinski definition) is 3. The van der Waals surface area contributed by atoms with Crippen molar-refractivity contribution in [1.82, 2.24) is 5.32 Å². The Morgan fingerprint density at radius 1 is 1.29 bits per heavy atom. The molecule has 2 rings (SSSR count). The van der Waals surface area contributed by atoms with E-state index < -0.39 is 0 Å². The molecule has 0 fully saturated rings. The quantitative estimate of drug-likeness (QED) is 0.794. The molecule has 0 bridgehead atoms. The summed E-state index contributed by atoms with van der Waals surface area (Å²) in [4.78, 5) is 0. The minimum atomic E-state index is -0.351. The lowest BCUT2D eigenvalue weighted by atomic mass is 9.89. The van der Waals surface area contributed by atoms with Crippen molar-refractivity contribution in [2.45, 2.75) is 65.5 Å². The summed E-state index contributed by atoms with van der Waals surface area (Å²) in [6.07, 6.45) is 1.40. The molecule has 3 atom stereocenters. The summed E-state index contributed by atoms with van der Waals surface area (Å²) >= 11 is 0. The number of aliphatic hydroxyl groups is 1. The van der Waals surface area contributed by atoms with Gasteiger partial charge in [0, 0.05) is 18.2 Å². The average Bonchev–Trinajstić information content (AvgIpc) is 2.68. The normalized spacial score (nSPS) is 23.1. The van der Waals surface area contributed by atoms with Crippen LogP contribution in [0.15, 0.2) is 12.1 Å². The number of aromatic hydroxyl groups is 1. The Morgan fingerprint density at radius 2 is 1.95 bits per heavy atom. The highest BCUT2D eigenvalue weighted by Gasteiger charge is 2.32. The van der Waals surface area contributed by atoms with E-state index in [4.69, 9.17) is 0 Å². The Kier molecular flexibility index (Phi) is 4.64. The Morgan fingerprint density at radius 3 is 2.57 bits per heavy atom. The van der Waals surface area contributed by atoms with Gasteiger partial charge in [0.2, 0.25) is 0 Å². The van der Waals surface area contributed by atoms with Gasteiger partial charge in [-0.25, -0.2) is 0 Å². The molecular formula is C18H29NO2. The number of nitrogens with one attached hydrogen (secondary N) is 1. The largest absolute Gasteiger partial charge is 0.508 e. The van der Waals surface area contributed by atoms with Gasteiger partial charge in [0.25, 0.3) is 0 Å². The average molecular weight is 291 g/mol. The Labute approximate surface area is 128 Å². The van der Waals surface area contributed by atoms with Crippen molar-refractivity contribution < 1.29 is 10.2 Å². The van der Waals surface area contributed by atoms with Crippen LogP contribution < -0.4 is 5.32 Å². The van der Waals surface area contributed by atoms with Crippen LogP contribution in [-0.2, 0) is 0 Å². The molecule has 1 aliphatic rings. The van der Waals surface area contributed by atoms with E-state index in [9.17, 15) is 10.2 Å². The van der Waals surface area contributed by atoms with Crippen LogP contribution in [-0.4, -0.2) is 22.9 Å². The second kappa shape index (κ2) is 5.98. The standard InChI is InChI=1S/C18H29NO2/c1-11-6-7-15(21)17-14(8-12(2)16(11)17)19-10-13(20)9-18(3,4)5/h6-7,12-14,19-21H,8-10H2,1-5H3. The van der Waals surface area contributed by atoms with Crippen LogP contribution in [0, 0.1) is 12.3 Å². The van der Waals surface area contributed by atoms with Crippen LogP contribution in [0.3, 0.4) is 0 Å². The van der Waals surface area contributed by atoms with E-state index in [-0.39, 0.29) is 17.6 Å². The van der Waals surface area contributed by atoms with Crippen molar-refractivity contribution in [2.75, 3.05) is 6.54 Å². The number of aliphatic hydroxyl groups excluding tert-OH is 1. The highest BCUT2D eigenvalue weighted by Crippen LogP contribution is 2.45. The van der Waals surface area contributed by atoms with Gasteiger partial charge in [-0.15, -0.1) is 0 Å². The summed E-state index contributed by atoms with van der Waals surface area (Å²) in [7, 11) is 0. The molecule has 0 saturated heterocycles. The molecule has 21 heavy (non-hydrogen) atoms. The van der Waals surface area contributed by atoms with Gasteiger partial charge in [-0.3, -0.25) is 0 Å². The molecular weight excluding hydrogens is 262 g/mol. The number of phenolic OH excluding ortho intramolecular Hbond substituents is 1. The topological polar surface area (TPSA) is 52.5 Å². The van der Waals surface area contributed by atoms with Crippen LogP contribution in [0.25, 0.3) is 0 Å². The second-order valence-electron chi connectivity index (χ2n) is 7.75. The first-order valence-electron chi connectivity index (χ1n) is 7.93. The predicted molar refractivity (Wildman–Crippen MR) is 86.7 cm³/mol. The molecule has 0 saturated carbocycles. The monoisotopic (exact) mass is 291 g/mol. The number of phenols is 1. The zero-order chi connectivity index (χ0) is 15.8. The van der Waals surface area contributed by atoms with E-state index in [0.717, 1.165) is 18.4 Å². The fraction of sp³-hybridized carbons (Fsp3) is 0.667. The molecule has 3 heteroatoms. The first-order valence-corrected chi connectivity index (χ1v) is 7.93. The molecule has 3 unspecified atom stereocenters. The Balaban J connectivity index is 2.07. The molecule has 118 valence electrons. The Bertz CT molecular complexity index is 505. The maximum Gasteiger partial charge on any atom is 0.120 e. The zero-order valence-electron chi connectivity index (χ0n) is 13.9. The molecule has 1 aliphatic carbocycles. The van der Waals surface area contributed by atoms with Crippen LogP contribution >= 0.6 is 0 Å². The van der Waals surface area contributed by atoms with E-state index in [0.29, 0.717) is 18.2 Å². The van der Waals surface area contributed by atoms with Gasteiger partial charge in [0.05, 0.1) is 6.10 Å². The summed E-state index contributed by atoms with van der Waals surface area (Å²) in [5.74, 6) is 0.826. The summed E-state index contributed by atoms with van der Waals surface area (Å²) in [5.41, 5.74) is 3.68. The van der Waals surface area contributed by atoms with E-state index in [1.165, 1.54) is 11.1 Å².